The number of likely N-dealkylation sites (tertiary alicyclic amines) is 1. The molecule has 0 radical (unpaired) electrons. The van der Waals surface area contributed by atoms with E-state index in [1.165, 1.54) is 11.1 Å². The van der Waals surface area contributed by atoms with Gasteiger partial charge in [-0.1, -0.05) is 37.1 Å². The summed E-state index contributed by atoms with van der Waals surface area (Å²) in [4.78, 5) is 30.3. The number of carbonyl (C=O) groups excluding carboxylic acids is 2. The van der Waals surface area contributed by atoms with Crippen LogP contribution in [0.1, 0.15) is 49.7 Å². The van der Waals surface area contributed by atoms with Gasteiger partial charge in [-0.05, 0) is 49.7 Å². The molecule has 26 heavy (non-hydrogen) atoms. The van der Waals surface area contributed by atoms with Crippen LogP contribution in [0, 0.1) is 11.8 Å². The second-order valence-electron chi connectivity index (χ2n) is 8.31. The lowest BCUT2D eigenvalue weighted by molar-refractivity contribution is -0.148. The third-order valence-corrected chi connectivity index (χ3v) is 6.74. The van der Waals surface area contributed by atoms with E-state index in [0.29, 0.717) is 0 Å². The smallest absolute Gasteiger partial charge is 0.226 e. The molecule has 4 nitrogen and oxygen atoms in total. The van der Waals surface area contributed by atoms with Crippen molar-refractivity contribution >= 4 is 11.8 Å². The SMILES string of the molecule is CN(C(=O)[C@H]1CCCC[C@H]1C(=O)N1CCCC1)C1Cc2ccccc2C1. The minimum Gasteiger partial charge on any atom is -0.342 e. The fourth-order valence-corrected chi connectivity index (χ4v) is 5.15. The highest BCUT2D eigenvalue weighted by Gasteiger charge is 2.41. The van der Waals surface area contributed by atoms with E-state index in [2.05, 4.69) is 24.3 Å². The molecule has 0 spiro atoms. The van der Waals surface area contributed by atoms with Crippen LogP contribution in [-0.4, -0.2) is 47.8 Å². The Labute approximate surface area is 156 Å². The maximum atomic E-state index is 13.3. The standard InChI is InChI=1S/C22H30N2O2/c1-23(18-14-16-8-2-3-9-17(16)15-18)21(25)19-10-4-5-11-20(19)22(26)24-12-6-7-13-24/h2-3,8-9,18-20H,4-7,10-15H2,1H3/t19-,20+/m0/s1. The molecule has 1 aromatic carbocycles. The van der Waals surface area contributed by atoms with Gasteiger partial charge in [-0.3, -0.25) is 9.59 Å². The number of hydrogen-bond donors (Lipinski definition) is 0. The quantitative estimate of drug-likeness (QED) is 0.837. The van der Waals surface area contributed by atoms with Gasteiger partial charge in [0, 0.05) is 38.0 Å². The lowest BCUT2D eigenvalue weighted by Gasteiger charge is -2.36. The van der Waals surface area contributed by atoms with Crippen LogP contribution < -0.4 is 0 Å². The lowest BCUT2D eigenvalue weighted by Crippen LogP contribution is -2.48. The number of hydrogen-bond acceptors (Lipinski definition) is 2. The van der Waals surface area contributed by atoms with E-state index in [1.807, 2.05) is 16.8 Å². The van der Waals surface area contributed by atoms with Crippen molar-refractivity contribution in [3.05, 3.63) is 35.4 Å². The van der Waals surface area contributed by atoms with Crippen molar-refractivity contribution in [3.8, 4) is 0 Å². The number of likely N-dealkylation sites (N-methyl/N-ethyl adjacent to an activating group) is 1. The second kappa shape index (κ2) is 7.42. The van der Waals surface area contributed by atoms with E-state index in [1.54, 1.807) is 0 Å². The number of benzene rings is 1. The fraction of sp³-hybridized carbons (Fsp3) is 0.636. The summed E-state index contributed by atoms with van der Waals surface area (Å²) in [6, 6.07) is 8.75. The molecule has 1 saturated carbocycles. The number of nitrogens with zero attached hydrogens (tertiary/aromatic N) is 2. The topological polar surface area (TPSA) is 40.6 Å². The molecular formula is C22H30N2O2. The van der Waals surface area contributed by atoms with Gasteiger partial charge in [0.15, 0.2) is 0 Å². The van der Waals surface area contributed by atoms with Gasteiger partial charge in [-0.25, -0.2) is 0 Å². The monoisotopic (exact) mass is 354 g/mol. The third-order valence-electron chi connectivity index (χ3n) is 6.74. The first-order valence-electron chi connectivity index (χ1n) is 10.3. The third kappa shape index (κ3) is 3.26. The highest BCUT2D eigenvalue weighted by molar-refractivity contribution is 5.88. The Morgan fingerprint density at radius 1 is 0.923 bits per heavy atom. The maximum absolute atomic E-state index is 13.3. The van der Waals surface area contributed by atoms with Crippen molar-refractivity contribution in [2.45, 2.75) is 57.4 Å². The van der Waals surface area contributed by atoms with E-state index < -0.39 is 0 Å². The number of fused-ring (bicyclic) bond motifs is 1. The first kappa shape index (κ1) is 17.6. The molecule has 1 aliphatic heterocycles. The van der Waals surface area contributed by atoms with E-state index in [4.69, 9.17) is 0 Å². The average Bonchev–Trinajstić information content (AvgIpc) is 3.35. The molecule has 1 saturated heterocycles. The van der Waals surface area contributed by atoms with Gasteiger partial charge in [-0.15, -0.1) is 0 Å². The Balaban J connectivity index is 1.46. The molecule has 3 aliphatic rings. The highest BCUT2D eigenvalue weighted by Crippen LogP contribution is 2.35. The Morgan fingerprint density at radius 3 is 2.12 bits per heavy atom. The minimum absolute atomic E-state index is 0.0967. The Morgan fingerprint density at radius 2 is 1.50 bits per heavy atom. The first-order valence-corrected chi connectivity index (χ1v) is 10.3. The summed E-state index contributed by atoms with van der Waals surface area (Å²) < 4.78 is 0. The van der Waals surface area contributed by atoms with Crippen LogP contribution in [0.5, 0.6) is 0 Å². The number of amides is 2. The summed E-state index contributed by atoms with van der Waals surface area (Å²) in [5.41, 5.74) is 2.73. The molecule has 0 N–H and O–H groups in total. The molecule has 0 aromatic heterocycles. The normalized spacial score (nSPS) is 26.0. The van der Waals surface area contributed by atoms with Crippen molar-refractivity contribution in [3.63, 3.8) is 0 Å². The van der Waals surface area contributed by atoms with Crippen LogP contribution in [0.4, 0.5) is 0 Å². The van der Waals surface area contributed by atoms with Gasteiger partial charge in [0.25, 0.3) is 0 Å². The average molecular weight is 354 g/mol. The van der Waals surface area contributed by atoms with Gasteiger partial charge in [-0.2, -0.15) is 0 Å². The van der Waals surface area contributed by atoms with Crippen LogP contribution in [0.15, 0.2) is 24.3 Å². The summed E-state index contributed by atoms with van der Waals surface area (Å²) >= 11 is 0. The zero-order valence-electron chi connectivity index (χ0n) is 15.8. The Hall–Kier alpha value is -1.84. The number of rotatable bonds is 3. The largest absolute Gasteiger partial charge is 0.342 e. The van der Waals surface area contributed by atoms with Crippen molar-refractivity contribution in [1.82, 2.24) is 9.80 Å². The van der Waals surface area contributed by atoms with Crippen LogP contribution in [0.25, 0.3) is 0 Å². The molecule has 4 rings (SSSR count). The van der Waals surface area contributed by atoms with Crippen LogP contribution in [0.3, 0.4) is 0 Å². The van der Waals surface area contributed by atoms with Crippen molar-refractivity contribution < 1.29 is 9.59 Å². The molecule has 4 heteroatoms. The molecule has 140 valence electrons. The summed E-state index contributed by atoms with van der Waals surface area (Å²) in [5, 5.41) is 0. The van der Waals surface area contributed by atoms with Crippen molar-refractivity contribution in [2.24, 2.45) is 11.8 Å². The van der Waals surface area contributed by atoms with Gasteiger partial charge >= 0.3 is 0 Å². The van der Waals surface area contributed by atoms with Crippen LogP contribution in [0.2, 0.25) is 0 Å². The molecule has 1 heterocycles. The fourth-order valence-electron chi connectivity index (χ4n) is 5.15. The van der Waals surface area contributed by atoms with Crippen LogP contribution in [-0.2, 0) is 22.4 Å². The summed E-state index contributed by atoms with van der Waals surface area (Å²) in [7, 11) is 1.95. The van der Waals surface area contributed by atoms with Crippen molar-refractivity contribution in [2.75, 3.05) is 20.1 Å². The molecule has 2 aliphatic carbocycles. The Bertz CT molecular complexity index is 655. The molecule has 0 unspecified atom stereocenters. The second-order valence-corrected chi connectivity index (χ2v) is 8.31. The summed E-state index contributed by atoms with van der Waals surface area (Å²) in [6.45, 7) is 1.76. The molecule has 2 fully saturated rings. The van der Waals surface area contributed by atoms with E-state index >= 15 is 0 Å². The maximum Gasteiger partial charge on any atom is 0.226 e. The predicted octanol–water partition coefficient (Wildman–Crippen LogP) is 3.04. The van der Waals surface area contributed by atoms with Gasteiger partial charge < -0.3 is 9.80 Å². The summed E-state index contributed by atoms with van der Waals surface area (Å²) in [6.07, 6.45) is 7.99. The minimum atomic E-state index is -0.120. The number of carbonyl (C=O) groups is 2. The molecule has 2 amide bonds. The Kier molecular flexibility index (Phi) is 5.01. The van der Waals surface area contributed by atoms with Crippen LogP contribution >= 0.6 is 0 Å². The molecule has 2 atom stereocenters. The van der Waals surface area contributed by atoms with E-state index in [0.717, 1.165) is 64.5 Å². The highest BCUT2D eigenvalue weighted by atomic mass is 16.2. The zero-order valence-corrected chi connectivity index (χ0v) is 15.8. The van der Waals surface area contributed by atoms with E-state index in [9.17, 15) is 9.59 Å². The first-order chi connectivity index (χ1) is 12.6. The summed E-state index contributed by atoms with van der Waals surface area (Å²) in [5.74, 6) is 0.217. The van der Waals surface area contributed by atoms with Crippen molar-refractivity contribution in [1.29, 1.82) is 0 Å². The van der Waals surface area contributed by atoms with Gasteiger partial charge in [0.05, 0.1) is 0 Å². The molecule has 0 bridgehead atoms. The van der Waals surface area contributed by atoms with Gasteiger partial charge in [0.1, 0.15) is 0 Å². The van der Waals surface area contributed by atoms with E-state index in [-0.39, 0.29) is 29.7 Å². The predicted molar refractivity (Wildman–Crippen MR) is 102 cm³/mol. The molecular weight excluding hydrogens is 324 g/mol. The van der Waals surface area contributed by atoms with Gasteiger partial charge in [0.2, 0.25) is 11.8 Å². The molecule has 1 aromatic rings. The lowest BCUT2D eigenvalue weighted by atomic mass is 9.77. The zero-order chi connectivity index (χ0) is 18.1.